The molecule has 0 radical (unpaired) electrons. The van der Waals surface area contributed by atoms with Crippen LogP contribution in [-0.4, -0.2) is 28.8 Å². The third kappa shape index (κ3) is 3.10. The molecule has 0 saturated carbocycles. The normalized spacial score (nSPS) is 12.2. The van der Waals surface area contributed by atoms with Crippen LogP contribution in [0.25, 0.3) is 0 Å². The van der Waals surface area contributed by atoms with Gasteiger partial charge < -0.3 is 15.5 Å². The highest BCUT2D eigenvalue weighted by Crippen LogP contribution is 2.31. The van der Waals surface area contributed by atoms with Gasteiger partial charge in [-0.05, 0) is 35.0 Å². The first-order valence-electron chi connectivity index (χ1n) is 4.55. The maximum absolute atomic E-state index is 11.7. The molecule has 0 fully saturated rings. The standard InChI is InChI=1S/C10H11BrClNO3/c1-5(4-14)13-10(16)7-2-6(12)3-8(11)9(7)15/h2-3,5,14-15H,4H2,1H3,(H,13,16). The Balaban J connectivity index is 2.99. The summed E-state index contributed by atoms with van der Waals surface area (Å²) in [4.78, 5) is 11.7. The molecule has 4 nitrogen and oxygen atoms in total. The number of aliphatic hydroxyl groups is 1. The number of hydrogen-bond donors (Lipinski definition) is 3. The number of nitrogens with one attached hydrogen (secondary N) is 1. The van der Waals surface area contributed by atoms with Crippen LogP contribution in [0.15, 0.2) is 16.6 Å². The zero-order valence-corrected chi connectivity index (χ0v) is 10.8. The van der Waals surface area contributed by atoms with Crippen LogP contribution in [0.5, 0.6) is 5.75 Å². The number of carbonyl (C=O) groups excluding carboxylic acids is 1. The third-order valence-corrected chi connectivity index (χ3v) is 2.75. The van der Waals surface area contributed by atoms with Crippen LogP contribution in [0.4, 0.5) is 0 Å². The molecule has 16 heavy (non-hydrogen) atoms. The van der Waals surface area contributed by atoms with Crippen LogP contribution in [0.3, 0.4) is 0 Å². The van der Waals surface area contributed by atoms with E-state index in [1.54, 1.807) is 6.92 Å². The molecule has 0 bridgehead atoms. The van der Waals surface area contributed by atoms with Crippen molar-refractivity contribution in [3.05, 3.63) is 27.2 Å². The van der Waals surface area contributed by atoms with Crippen molar-refractivity contribution in [2.75, 3.05) is 6.61 Å². The van der Waals surface area contributed by atoms with E-state index < -0.39 is 5.91 Å². The fourth-order valence-electron chi connectivity index (χ4n) is 1.09. The second-order valence-corrected chi connectivity index (χ2v) is 4.63. The summed E-state index contributed by atoms with van der Waals surface area (Å²) in [5.41, 5.74) is 0.0691. The summed E-state index contributed by atoms with van der Waals surface area (Å²) in [6, 6.07) is 2.47. The molecule has 1 aromatic carbocycles. The molecule has 3 N–H and O–H groups in total. The third-order valence-electron chi connectivity index (χ3n) is 1.92. The van der Waals surface area contributed by atoms with E-state index in [1.165, 1.54) is 12.1 Å². The number of amides is 1. The van der Waals surface area contributed by atoms with Gasteiger partial charge in [0, 0.05) is 11.1 Å². The molecule has 0 aromatic heterocycles. The number of aromatic hydroxyl groups is 1. The van der Waals surface area contributed by atoms with E-state index in [0.717, 1.165) is 0 Å². The van der Waals surface area contributed by atoms with E-state index in [9.17, 15) is 9.90 Å². The lowest BCUT2D eigenvalue weighted by Gasteiger charge is -2.12. The Hall–Kier alpha value is -0.780. The fraction of sp³-hybridized carbons (Fsp3) is 0.300. The van der Waals surface area contributed by atoms with Crippen molar-refractivity contribution in [3.63, 3.8) is 0 Å². The van der Waals surface area contributed by atoms with Gasteiger partial charge in [-0.15, -0.1) is 0 Å². The van der Waals surface area contributed by atoms with Crippen molar-refractivity contribution in [1.82, 2.24) is 5.32 Å². The first-order chi connectivity index (χ1) is 7.45. The van der Waals surface area contributed by atoms with Crippen molar-refractivity contribution in [2.45, 2.75) is 13.0 Å². The monoisotopic (exact) mass is 307 g/mol. The van der Waals surface area contributed by atoms with Crippen LogP contribution in [0, 0.1) is 0 Å². The molecule has 0 saturated heterocycles. The van der Waals surface area contributed by atoms with Crippen LogP contribution >= 0.6 is 27.5 Å². The number of phenols is 1. The molecule has 1 unspecified atom stereocenters. The minimum atomic E-state index is -0.484. The van der Waals surface area contributed by atoms with Crippen molar-refractivity contribution < 1.29 is 15.0 Å². The zero-order valence-electron chi connectivity index (χ0n) is 8.50. The summed E-state index contributed by atoms with van der Waals surface area (Å²) in [6.45, 7) is 1.47. The number of phenolic OH excluding ortho intramolecular Hbond substituents is 1. The van der Waals surface area contributed by atoms with E-state index in [2.05, 4.69) is 21.2 Å². The van der Waals surface area contributed by atoms with Gasteiger partial charge >= 0.3 is 0 Å². The topological polar surface area (TPSA) is 69.6 Å². The summed E-state index contributed by atoms with van der Waals surface area (Å²) in [5.74, 6) is -0.658. The molecule has 1 aromatic rings. The fourth-order valence-corrected chi connectivity index (χ4v) is 1.90. The maximum Gasteiger partial charge on any atom is 0.255 e. The van der Waals surface area contributed by atoms with Crippen LogP contribution in [0.1, 0.15) is 17.3 Å². The SMILES string of the molecule is CC(CO)NC(=O)c1cc(Cl)cc(Br)c1O. The molecule has 88 valence electrons. The molecule has 0 aliphatic carbocycles. The molecule has 0 heterocycles. The largest absolute Gasteiger partial charge is 0.506 e. The molecular formula is C10H11BrClNO3. The Bertz CT molecular complexity index is 411. The molecule has 0 aliphatic rings. The van der Waals surface area contributed by atoms with Gasteiger partial charge in [0.1, 0.15) is 5.75 Å². The lowest BCUT2D eigenvalue weighted by Crippen LogP contribution is -2.35. The maximum atomic E-state index is 11.7. The van der Waals surface area contributed by atoms with Gasteiger partial charge in [0.25, 0.3) is 5.91 Å². The highest BCUT2D eigenvalue weighted by Gasteiger charge is 2.16. The number of carbonyl (C=O) groups is 1. The summed E-state index contributed by atoms with van der Waals surface area (Å²) >= 11 is 8.85. The summed E-state index contributed by atoms with van der Waals surface area (Å²) in [6.07, 6.45) is 0. The quantitative estimate of drug-likeness (QED) is 0.799. The summed E-state index contributed by atoms with van der Waals surface area (Å²) < 4.78 is 0.349. The first-order valence-corrected chi connectivity index (χ1v) is 5.72. The van der Waals surface area contributed by atoms with E-state index in [0.29, 0.717) is 9.50 Å². The minimum absolute atomic E-state index is 0.0691. The van der Waals surface area contributed by atoms with Gasteiger partial charge in [0.15, 0.2) is 0 Å². The highest BCUT2D eigenvalue weighted by atomic mass is 79.9. The first kappa shape index (κ1) is 13.3. The van der Waals surface area contributed by atoms with Gasteiger partial charge in [-0.25, -0.2) is 0 Å². The van der Waals surface area contributed by atoms with Gasteiger partial charge in [-0.2, -0.15) is 0 Å². The number of benzene rings is 1. The van der Waals surface area contributed by atoms with E-state index in [1.807, 2.05) is 0 Å². The minimum Gasteiger partial charge on any atom is -0.506 e. The molecule has 1 rings (SSSR count). The average Bonchev–Trinajstić information content (AvgIpc) is 2.22. The molecular weight excluding hydrogens is 297 g/mol. The molecule has 6 heteroatoms. The zero-order chi connectivity index (χ0) is 12.3. The van der Waals surface area contributed by atoms with Gasteiger partial charge in [0.2, 0.25) is 0 Å². The van der Waals surface area contributed by atoms with Crippen molar-refractivity contribution in [3.8, 4) is 5.75 Å². The smallest absolute Gasteiger partial charge is 0.255 e. The lowest BCUT2D eigenvalue weighted by molar-refractivity contribution is 0.0919. The van der Waals surface area contributed by atoms with Crippen molar-refractivity contribution in [1.29, 1.82) is 0 Å². The van der Waals surface area contributed by atoms with E-state index in [4.69, 9.17) is 16.7 Å². The van der Waals surface area contributed by atoms with Crippen molar-refractivity contribution in [2.24, 2.45) is 0 Å². The van der Waals surface area contributed by atoms with Gasteiger partial charge in [0.05, 0.1) is 16.6 Å². The average molecular weight is 309 g/mol. The number of halogens is 2. The van der Waals surface area contributed by atoms with Gasteiger partial charge in [-0.3, -0.25) is 4.79 Å². The lowest BCUT2D eigenvalue weighted by atomic mass is 10.2. The second-order valence-electron chi connectivity index (χ2n) is 3.34. The second kappa shape index (κ2) is 5.52. The highest BCUT2D eigenvalue weighted by molar-refractivity contribution is 9.10. The molecule has 1 amide bonds. The van der Waals surface area contributed by atoms with Gasteiger partial charge in [-0.1, -0.05) is 11.6 Å². The predicted molar refractivity (Wildman–Crippen MR) is 64.8 cm³/mol. The van der Waals surface area contributed by atoms with Crippen molar-refractivity contribution >= 4 is 33.4 Å². The Morgan fingerprint density at radius 2 is 2.25 bits per heavy atom. The Morgan fingerprint density at radius 1 is 1.62 bits per heavy atom. The molecule has 0 aliphatic heterocycles. The summed E-state index contributed by atoms with van der Waals surface area (Å²) in [7, 11) is 0. The predicted octanol–water partition coefficient (Wildman–Crippen LogP) is 1.92. The Labute approximate surface area is 106 Å². The molecule has 0 spiro atoms. The summed E-state index contributed by atoms with van der Waals surface area (Å²) in [5, 5.41) is 21.3. The Morgan fingerprint density at radius 3 is 2.81 bits per heavy atom. The van der Waals surface area contributed by atoms with Crippen LogP contribution in [-0.2, 0) is 0 Å². The molecule has 1 atom stereocenters. The van der Waals surface area contributed by atoms with E-state index in [-0.39, 0.29) is 24.0 Å². The number of hydrogen-bond acceptors (Lipinski definition) is 3. The van der Waals surface area contributed by atoms with Crippen LogP contribution < -0.4 is 5.32 Å². The van der Waals surface area contributed by atoms with E-state index >= 15 is 0 Å². The number of rotatable bonds is 3. The number of aliphatic hydroxyl groups excluding tert-OH is 1. The Kier molecular flexibility index (Phi) is 4.58. The van der Waals surface area contributed by atoms with Crippen LogP contribution in [0.2, 0.25) is 5.02 Å².